The van der Waals surface area contributed by atoms with Crippen molar-refractivity contribution in [2.75, 3.05) is 5.73 Å². The van der Waals surface area contributed by atoms with Gasteiger partial charge in [-0.1, -0.05) is 12.7 Å². The van der Waals surface area contributed by atoms with E-state index in [1.165, 1.54) is 6.33 Å². The number of nitrogens with two attached hydrogens (primary N) is 1. The monoisotopic (exact) mass is 256 g/mol. The molecule has 0 bridgehead atoms. The molecule has 0 radical (unpaired) electrons. The van der Waals surface area contributed by atoms with Crippen LogP contribution in [0.1, 0.15) is 16.8 Å². The summed E-state index contributed by atoms with van der Waals surface area (Å²) in [6, 6.07) is 0. The molecule has 3 heterocycles. The van der Waals surface area contributed by atoms with Crippen molar-refractivity contribution in [1.82, 2.24) is 15.0 Å². The van der Waals surface area contributed by atoms with E-state index in [1.54, 1.807) is 11.3 Å². The third-order valence-electron chi connectivity index (χ3n) is 3.12. The number of pyridine rings is 1. The van der Waals surface area contributed by atoms with E-state index in [0.29, 0.717) is 5.82 Å². The molecular weight excluding hydrogens is 244 g/mol. The van der Waals surface area contributed by atoms with Crippen molar-refractivity contribution in [3.05, 3.63) is 29.7 Å². The quantitative estimate of drug-likeness (QED) is 0.726. The summed E-state index contributed by atoms with van der Waals surface area (Å²) >= 11 is 1.54. The van der Waals surface area contributed by atoms with Crippen LogP contribution in [0.15, 0.2) is 12.9 Å². The van der Waals surface area contributed by atoms with E-state index in [-0.39, 0.29) is 0 Å². The molecule has 3 aromatic heterocycles. The number of fused-ring (bicyclic) bond motifs is 3. The third-order valence-corrected chi connectivity index (χ3v) is 4.22. The number of nitrogen functional groups attached to an aromatic ring is 1. The summed E-state index contributed by atoms with van der Waals surface area (Å²) in [5.41, 5.74) is 9.97. The molecule has 0 amide bonds. The molecule has 2 N–H and O–H groups in total. The second-order valence-corrected chi connectivity index (χ2v) is 5.16. The summed E-state index contributed by atoms with van der Waals surface area (Å²) in [6.07, 6.45) is 3.34. The van der Waals surface area contributed by atoms with E-state index in [9.17, 15) is 0 Å². The molecule has 3 rings (SSSR count). The Labute approximate surface area is 108 Å². The van der Waals surface area contributed by atoms with Crippen LogP contribution in [0.2, 0.25) is 0 Å². The fraction of sp³-hybridized carbons (Fsp3) is 0.154. The number of anilines is 1. The molecule has 0 atom stereocenters. The maximum absolute atomic E-state index is 5.89. The van der Waals surface area contributed by atoms with Gasteiger partial charge in [-0.3, -0.25) is 0 Å². The van der Waals surface area contributed by atoms with E-state index in [4.69, 9.17) is 5.73 Å². The first-order valence-corrected chi connectivity index (χ1v) is 6.37. The number of nitrogens with zero attached hydrogens (tertiary/aromatic N) is 3. The number of hydrogen-bond donors (Lipinski definition) is 1. The zero-order valence-electron chi connectivity index (χ0n) is 10.2. The van der Waals surface area contributed by atoms with Crippen LogP contribution >= 0.6 is 11.3 Å². The van der Waals surface area contributed by atoms with Crippen LogP contribution in [-0.4, -0.2) is 15.0 Å². The van der Waals surface area contributed by atoms with Crippen LogP contribution in [0, 0.1) is 13.8 Å². The fourth-order valence-electron chi connectivity index (χ4n) is 2.25. The van der Waals surface area contributed by atoms with E-state index >= 15 is 0 Å². The van der Waals surface area contributed by atoms with Crippen molar-refractivity contribution in [2.24, 2.45) is 0 Å². The Morgan fingerprint density at radius 1 is 1.33 bits per heavy atom. The van der Waals surface area contributed by atoms with Crippen molar-refractivity contribution in [3.63, 3.8) is 0 Å². The molecule has 5 heteroatoms. The van der Waals surface area contributed by atoms with Gasteiger partial charge in [-0.05, 0) is 25.0 Å². The first-order chi connectivity index (χ1) is 8.63. The third kappa shape index (κ3) is 1.34. The standard InChI is InChI=1S/C13H12N4S/c1-4-8-6(2)9-10-11(12(14)16-5-15-10)18-13(9)17-7(8)3/h4-5H,1H2,2-3H3,(H2,14,15,16). The van der Waals surface area contributed by atoms with E-state index in [1.807, 2.05) is 13.0 Å². The van der Waals surface area contributed by atoms with Crippen LogP contribution in [0.25, 0.3) is 26.5 Å². The van der Waals surface area contributed by atoms with Gasteiger partial charge in [0.2, 0.25) is 0 Å². The van der Waals surface area contributed by atoms with Crippen molar-refractivity contribution >= 4 is 43.7 Å². The van der Waals surface area contributed by atoms with E-state index in [2.05, 4.69) is 28.5 Å². The lowest BCUT2D eigenvalue weighted by Crippen LogP contribution is -1.93. The number of aryl methyl sites for hydroxylation is 2. The molecule has 0 aromatic carbocycles. The minimum atomic E-state index is 0.514. The summed E-state index contributed by atoms with van der Waals surface area (Å²) in [4.78, 5) is 13.9. The van der Waals surface area contributed by atoms with Crippen LogP contribution in [0.5, 0.6) is 0 Å². The molecule has 0 saturated carbocycles. The van der Waals surface area contributed by atoms with Gasteiger partial charge in [-0.15, -0.1) is 11.3 Å². The summed E-state index contributed by atoms with van der Waals surface area (Å²) in [7, 11) is 0. The minimum Gasteiger partial charge on any atom is -0.382 e. The predicted octanol–water partition coefficient (Wildman–Crippen LogP) is 3.08. The highest BCUT2D eigenvalue weighted by atomic mass is 32.1. The van der Waals surface area contributed by atoms with E-state index < -0.39 is 0 Å². The highest BCUT2D eigenvalue weighted by Gasteiger charge is 2.15. The zero-order valence-corrected chi connectivity index (χ0v) is 11.0. The molecule has 0 saturated heterocycles. The predicted molar refractivity (Wildman–Crippen MR) is 76.7 cm³/mol. The molecule has 0 aliphatic heterocycles. The summed E-state index contributed by atoms with van der Waals surface area (Å²) in [6.45, 7) is 7.90. The largest absolute Gasteiger partial charge is 0.382 e. The Morgan fingerprint density at radius 2 is 2.11 bits per heavy atom. The van der Waals surface area contributed by atoms with Crippen molar-refractivity contribution in [1.29, 1.82) is 0 Å². The average Bonchev–Trinajstić information content (AvgIpc) is 2.69. The van der Waals surface area contributed by atoms with Crippen LogP contribution in [0.3, 0.4) is 0 Å². The van der Waals surface area contributed by atoms with Gasteiger partial charge in [0.25, 0.3) is 0 Å². The number of aromatic nitrogens is 3. The van der Waals surface area contributed by atoms with Gasteiger partial charge in [0, 0.05) is 11.1 Å². The Morgan fingerprint density at radius 3 is 2.83 bits per heavy atom. The Kier molecular flexibility index (Phi) is 2.31. The van der Waals surface area contributed by atoms with Crippen molar-refractivity contribution in [2.45, 2.75) is 13.8 Å². The second-order valence-electron chi connectivity index (χ2n) is 4.16. The molecule has 0 fully saturated rings. The average molecular weight is 256 g/mol. The Bertz CT molecular complexity index is 789. The second kappa shape index (κ2) is 3.74. The molecule has 4 nitrogen and oxygen atoms in total. The molecule has 0 unspecified atom stereocenters. The number of thiophene rings is 1. The fourth-order valence-corrected chi connectivity index (χ4v) is 3.39. The van der Waals surface area contributed by atoms with Gasteiger partial charge in [0.15, 0.2) is 0 Å². The van der Waals surface area contributed by atoms with Gasteiger partial charge < -0.3 is 5.73 Å². The first kappa shape index (κ1) is 11.1. The maximum Gasteiger partial charge on any atom is 0.144 e. The van der Waals surface area contributed by atoms with E-state index in [0.717, 1.165) is 37.3 Å². The Balaban J connectivity index is 2.60. The van der Waals surface area contributed by atoms with Crippen molar-refractivity contribution < 1.29 is 0 Å². The normalized spacial score (nSPS) is 11.2. The molecule has 0 aliphatic rings. The van der Waals surface area contributed by atoms with Crippen molar-refractivity contribution in [3.8, 4) is 0 Å². The van der Waals surface area contributed by atoms with Crippen LogP contribution < -0.4 is 5.73 Å². The molecule has 18 heavy (non-hydrogen) atoms. The van der Waals surface area contributed by atoms with Gasteiger partial charge >= 0.3 is 0 Å². The molecule has 0 aliphatic carbocycles. The lowest BCUT2D eigenvalue weighted by Gasteiger charge is -2.05. The van der Waals surface area contributed by atoms with Crippen LogP contribution in [0.4, 0.5) is 5.82 Å². The highest BCUT2D eigenvalue weighted by Crippen LogP contribution is 2.37. The summed E-state index contributed by atoms with van der Waals surface area (Å²) in [5, 5.41) is 1.06. The van der Waals surface area contributed by atoms with Gasteiger partial charge in [0.1, 0.15) is 17.0 Å². The molecular formula is C13H12N4S. The topological polar surface area (TPSA) is 64.7 Å². The first-order valence-electron chi connectivity index (χ1n) is 5.55. The van der Waals surface area contributed by atoms with Gasteiger partial charge in [-0.2, -0.15) is 0 Å². The van der Waals surface area contributed by atoms with Crippen LogP contribution in [-0.2, 0) is 0 Å². The lowest BCUT2D eigenvalue weighted by molar-refractivity contribution is 1.22. The zero-order chi connectivity index (χ0) is 12.9. The maximum atomic E-state index is 5.89. The number of hydrogen-bond acceptors (Lipinski definition) is 5. The Hall–Kier alpha value is -2.01. The molecule has 0 spiro atoms. The highest BCUT2D eigenvalue weighted by molar-refractivity contribution is 7.26. The van der Waals surface area contributed by atoms with Gasteiger partial charge in [0.05, 0.1) is 10.2 Å². The smallest absolute Gasteiger partial charge is 0.144 e. The van der Waals surface area contributed by atoms with Gasteiger partial charge in [-0.25, -0.2) is 15.0 Å². The molecule has 3 aromatic rings. The summed E-state index contributed by atoms with van der Waals surface area (Å²) in [5.74, 6) is 0.514. The summed E-state index contributed by atoms with van der Waals surface area (Å²) < 4.78 is 0.906. The number of rotatable bonds is 1. The SMILES string of the molecule is C=Cc1c(C)nc2sc3c(N)ncnc3c2c1C. The molecule has 90 valence electrons. The lowest BCUT2D eigenvalue weighted by atomic mass is 10.0. The minimum absolute atomic E-state index is 0.514.